The topological polar surface area (TPSA) is 336 Å². The van der Waals surface area contributed by atoms with E-state index in [1.165, 1.54) is 44.6 Å². The Morgan fingerprint density at radius 2 is 0.883 bits per heavy atom. The zero-order chi connectivity index (χ0) is 57.0. The number of halogens is 2. The summed E-state index contributed by atoms with van der Waals surface area (Å²) in [6, 6.07) is 31.2. The van der Waals surface area contributed by atoms with Crippen LogP contribution in [0.15, 0.2) is 121 Å². The maximum Gasteiger partial charge on any atom is 0.338 e. The summed E-state index contributed by atoms with van der Waals surface area (Å²) < 4.78 is 38.8. The van der Waals surface area contributed by atoms with E-state index in [1.807, 2.05) is 6.07 Å². The number of aliphatic hydroxyl groups excluding tert-OH is 1. The molecule has 0 aromatic heterocycles. The number of rotatable bonds is 23. The molecule has 3 amide bonds. The maximum atomic E-state index is 11.9. The lowest BCUT2D eigenvalue weighted by molar-refractivity contribution is -0.384. The van der Waals surface area contributed by atoms with Crippen molar-refractivity contribution in [2.75, 3.05) is 108 Å². The first kappa shape index (κ1) is 64.6. The SMILES string of the molecule is COC(=O)c1ccc(NC(=O)COCCO)c(N)c1.COC(=O)c1ccc(NC(=O)COCCOC(=O)c2ccccc2)c([N+](=O)[O-])c1.COC(=O)c1ccc(NC(=O)COCCOC(=O)c2ccccc2)cc1.ClCCl. The summed E-state index contributed by atoms with van der Waals surface area (Å²) in [5.41, 5.74) is 7.85. The highest BCUT2D eigenvalue weighted by molar-refractivity contribution is 6.40. The number of amides is 3. The largest absolute Gasteiger partial charge is 0.465 e. The van der Waals surface area contributed by atoms with Crippen LogP contribution in [0.25, 0.3) is 0 Å². The summed E-state index contributed by atoms with van der Waals surface area (Å²) in [5, 5.41) is 27.4. The van der Waals surface area contributed by atoms with E-state index in [9.17, 15) is 48.5 Å². The van der Waals surface area contributed by atoms with E-state index in [2.05, 4.69) is 30.2 Å². The average Bonchev–Trinajstić information content (AvgIpc) is 3.44. The number of aliphatic hydroxyl groups is 1. The Morgan fingerprint density at radius 1 is 0.506 bits per heavy atom. The molecule has 0 heterocycles. The zero-order valence-electron chi connectivity index (χ0n) is 41.7. The van der Waals surface area contributed by atoms with Gasteiger partial charge in [-0.2, -0.15) is 0 Å². The van der Waals surface area contributed by atoms with Gasteiger partial charge in [-0.15, -0.1) is 23.2 Å². The minimum atomic E-state index is -0.737. The van der Waals surface area contributed by atoms with Gasteiger partial charge in [0, 0.05) is 11.8 Å². The quantitative estimate of drug-likeness (QED) is 0.00966. The van der Waals surface area contributed by atoms with Gasteiger partial charge in [0.25, 0.3) is 11.6 Å². The van der Waals surface area contributed by atoms with Crippen molar-refractivity contribution in [3.8, 4) is 0 Å². The first-order valence-electron chi connectivity index (χ1n) is 22.3. The van der Waals surface area contributed by atoms with Crippen molar-refractivity contribution in [3.05, 3.63) is 159 Å². The Balaban J connectivity index is 0.000000392. The van der Waals surface area contributed by atoms with Gasteiger partial charge in [-0.25, -0.2) is 24.0 Å². The van der Waals surface area contributed by atoms with E-state index in [-0.39, 0.29) is 81.0 Å². The lowest BCUT2D eigenvalue weighted by Crippen LogP contribution is -2.21. The summed E-state index contributed by atoms with van der Waals surface area (Å²) in [4.78, 5) is 103. The van der Waals surface area contributed by atoms with Crippen LogP contribution in [0.1, 0.15) is 51.8 Å². The smallest absolute Gasteiger partial charge is 0.338 e. The maximum absolute atomic E-state index is 11.9. The Hall–Kier alpha value is -8.52. The molecule has 0 aliphatic carbocycles. The summed E-state index contributed by atoms with van der Waals surface area (Å²) in [7, 11) is 3.72. The molecular formula is C51H55Cl2N5O19. The van der Waals surface area contributed by atoms with Crippen molar-refractivity contribution < 1.29 is 86.3 Å². The number of carbonyl (C=O) groups is 8. The number of hydrogen-bond donors (Lipinski definition) is 5. The molecule has 0 atom stereocenters. The number of hydrogen-bond acceptors (Lipinski definition) is 20. The molecule has 5 aromatic rings. The third-order valence-corrected chi connectivity index (χ3v) is 9.10. The number of alkyl halides is 2. The normalized spacial score (nSPS) is 9.90. The molecule has 0 radical (unpaired) electrons. The number of nitrogens with one attached hydrogen (secondary N) is 3. The monoisotopic (exact) mass is 1110 g/mol. The van der Waals surface area contributed by atoms with E-state index < -0.39 is 58.9 Å². The summed E-state index contributed by atoms with van der Waals surface area (Å²) in [5.74, 6) is -4.04. The number of nitrogens with two attached hydrogens (primary N) is 1. The third kappa shape index (κ3) is 25.5. The summed E-state index contributed by atoms with van der Waals surface area (Å²) in [6.07, 6.45) is 0. The fourth-order valence-electron chi connectivity index (χ4n) is 5.59. The minimum absolute atomic E-state index is 0.0197. The fraction of sp³-hybridized carbons (Fsp3) is 0.255. The van der Waals surface area contributed by atoms with Gasteiger partial charge in [0.1, 0.15) is 38.7 Å². The molecule has 0 aliphatic heterocycles. The number of esters is 5. The van der Waals surface area contributed by atoms with Crippen molar-refractivity contribution in [3.63, 3.8) is 0 Å². The van der Waals surface area contributed by atoms with Gasteiger partial charge >= 0.3 is 29.8 Å². The van der Waals surface area contributed by atoms with E-state index in [0.717, 1.165) is 13.2 Å². The molecule has 24 nitrogen and oxygen atoms in total. The molecule has 0 spiro atoms. The highest BCUT2D eigenvalue weighted by atomic mass is 35.5. The minimum Gasteiger partial charge on any atom is -0.465 e. The van der Waals surface area contributed by atoms with Gasteiger partial charge in [-0.3, -0.25) is 24.5 Å². The van der Waals surface area contributed by atoms with E-state index in [1.54, 1.807) is 78.9 Å². The Labute approximate surface area is 451 Å². The average molecular weight is 1110 g/mol. The molecule has 5 rings (SSSR count). The second-order valence-electron chi connectivity index (χ2n) is 14.5. The number of nitrogen functional groups attached to an aromatic ring is 1. The van der Waals surface area contributed by atoms with E-state index in [0.29, 0.717) is 33.6 Å². The van der Waals surface area contributed by atoms with Crippen LogP contribution in [0.4, 0.5) is 28.4 Å². The molecule has 0 bridgehead atoms. The molecule has 0 unspecified atom stereocenters. The van der Waals surface area contributed by atoms with Crippen molar-refractivity contribution in [1.82, 2.24) is 0 Å². The Kier molecular flexibility index (Phi) is 31.2. The number of methoxy groups -OCH3 is 3. The van der Waals surface area contributed by atoms with Crippen molar-refractivity contribution in [1.29, 1.82) is 0 Å². The van der Waals surface area contributed by atoms with Gasteiger partial charge in [-0.05, 0) is 78.9 Å². The number of anilines is 4. The predicted octanol–water partition coefficient (Wildman–Crippen LogP) is 5.90. The summed E-state index contributed by atoms with van der Waals surface area (Å²) >= 11 is 9.53. The molecule has 412 valence electrons. The third-order valence-electron chi connectivity index (χ3n) is 9.10. The van der Waals surface area contributed by atoms with Crippen LogP contribution >= 0.6 is 23.2 Å². The van der Waals surface area contributed by atoms with E-state index in [4.69, 9.17) is 57.7 Å². The van der Waals surface area contributed by atoms with Crippen LogP contribution in [-0.4, -0.2) is 144 Å². The number of carbonyl (C=O) groups excluding carboxylic acids is 8. The van der Waals surface area contributed by atoms with Gasteiger partial charge in [0.15, 0.2) is 0 Å². The highest BCUT2D eigenvalue weighted by Crippen LogP contribution is 2.26. The van der Waals surface area contributed by atoms with Crippen LogP contribution in [0.5, 0.6) is 0 Å². The lowest BCUT2D eigenvalue weighted by atomic mass is 10.1. The molecule has 0 saturated carbocycles. The van der Waals surface area contributed by atoms with Crippen LogP contribution in [0, 0.1) is 10.1 Å². The van der Waals surface area contributed by atoms with Gasteiger partial charge < -0.3 is 64.7 Å². The first-order valence-corrected chi connectivity index (χ1v) is 23.4. The van der Waals surface area contributed by atoms with Crippen molar-refractivity contribution >= 4 is 99.2 Å². The number of ether oxygens (including phenoxy) is 8. The molecular weight excluding hydrogens is 1060 g/mol. The number of nitrogens with zero attached hydrogens (tertiary/aromatic N) is 1. The second-order valence-corrected chi connectivity index (χ2v) is 15.3. The van der Waals surface area contributed by atoms with Crippen LogP contribution in [0.3, 0.4) is 0 Å². The van der Waals surface area contributed by atoms with Crippen LogP contribution in [0.2, 0.25) is 0 Å². The standard InChI is InChI=1S/C19H18N2O8.C19H19NO6.C12H16N2O5.CH2Cl2/c1-27-18(23)14-7-8-15(16(11-14)21(25)26)20-17(22)12-28-9-10-29-19(24)13-5-3-2-4-6-13;1-24-18(22)15-7-9-16(10-8-15)20-17(21)13-25-11-12-26-19(23)14-5-3-2-4-6-14;1-18-12(17)8-2-3-10(9(13)6-8)14-11(16)7-19-5-4-15;2-1-3/h2-8,11H,9-10,12H2,1H3,(H,20,22);2-10H,11-13H2,1H3,(H,20,21);2-3,6,15H,4-5,7,13H2,1H3,(H,14,16);1H2. The number of nitro benzene ring substituents is 1. The Morgan fingerprint density at radius 3 is 1.31 bits per heavy atom. The van der Waals surface area contributed by atoms with E-state index >= 15 is 0 Å². The zero-order valence-corrected chi connectivity index (χ0v) is 43.2. The fourth-order valence-corrected chi connectivity index (χ4v) is 5.59. The molecule has 0 saturated heterocycles. The van der Waals surface area contributed by atoms with Crippen LogP contribution in [-0.2, 0) is 52.3 Å². The molecule has 26 heteroatoms. The van der Waals surface area contributed by atoms with Crippen molar-refractivity contribution in [2.24, 2.45) is 0 Å². The van der Waals surface area contributed by atoms with Gasteiger partial charge in [0.2, 0.25) is 11.8 Å². The predicted molar refractivity (Wildman–Crippen MR) is 280 cm³/mol. The molecule has 0 aliphatic rings. The molecule has 6 N–H and O–H groups in total. The van der Waals surface area contributed by atoms with Crippen molar-refractivity contribution in [2.45, 2.75) is 0 Å². The van der Waals surface area contributed by atoms with Crippen LogP contribution < -0.4 is 21.7 Å². The molecule has 5 aromatic carbocycles. The number of nitro groups is 1. The summed E-state index contributed by atoms with van der Waals surface area (Å²) in [6.45, 7) is -0.765. The van der Waals surface area contributed by atoms with Gasteiger partial charge in [-0.1, -0.05) is 36.4 Å². The lowest BCUT2D eigenvalue weighted by Gasteiger charge is -2.09. The second kappa shape index (κ2) is 37.2. The molecule has 77 heavy (non-hydrogen) atoms. The van der Waals surface area contributed by atoms with Gasteiger partial charge in [0.05, 0.1) is 97.2 Å². The number of benzene rings is 5. The first-order chi connectivity index (χ1) is 37.0. The Bertz CT molecular complexity index is 2700. The molecule has 0 fully saturated rings. The highest BCUT2D eigenvalue weighted by Gasteiger charge is 2.20.